The summed E-state index contributed by atoms with van der Waals surface area (Å²) in [6, 6.07) is 10.2. The molecule has 0 N–H and O–H groups in total. The lowest BCUT2D eigenvalue weighted by molar-refractivity contribution is 1.47. The number of hydrogen-bond acceptors (Lipinski definition) is 0. The number of benzene rings is 1. The van der Waals surface area contributed by atoms with Crippen molar-refractivity contribution in [3.63, 3.8) is 0 Å². The Labute approximate surface area is 72.4 Å². The summed E-state index contributed by atoms with van der Waals surface area (Å²) in [7, 11) is 0.0460. The Bertz CT molecular complexity index is 174. The third kappa shape index (κ3) is 2.32. The lowest BCUT2D eigenvalue weighted by atomic mass is 10.4. The van der Waals surface area contributed by atoms with Crippen LogP contribution in [-0.4, -0.2) is 0 Å². The van der Waals surface area contributed by atoms with E-state index in [9.17, 15) is 0 Å². The molecule has 0 aliphatic carbocycles. The molecule has 0 aliphatic heterocycles. The molecule has 48 valence electrons. The molecule has 0 aromatic heterocycles. The molecule has 0 spiro atoms. The van der Waals surface area contributed by atoms with Crippen molar-refractivity contribution in [2.75, 3.05) is 0 Å². The van der Waals surface area contributed by atoms with Crippen LogP contribution in [0.1, 0.15) is 0 Å². The predicted octanol–water partition coefficient (Wildman–Crippen LogP) is 3.28. The quantitative estimate of drug-likeness (QED) is 0.686. The minimum atomic E-state index is 0.0460. The van der Waals surface area contributed by atoms with Crippen molar-refractivity contribution in [2.45, 2.75) is 4.90 Å². The van der Waals surface area contributed by atoms with E-state index in [0.29, 0.717) is 0 Å². The van der Waals surface area contributed by atoms with Gasteiger partial charge in [0.15, 0.2) is 12.7 Å². The van der Waals surface area contributed by atoms with Crippen LogP contribution in [-0.2, 0) is 7.76 Å². The Kier molecular flexibility index (Phi) is 3.09. The summed E-state index contributed by atoms with van der Waals surface area (Å²) >= 11 is 6.85. The highest BCUT2D eigenvalue weighted by Crippen LogP contribution is 2.25. The topological polar surface area (TPSA) is 0 Å². The third-order valence-corrected chi connectivity index (χ3v) is 3.79. The molecule has 0 radical (unpaired) electrons. The van der Waals surface area contributed by atoms with Gasteiger partial charge in [0.05, 0.1) is 0 Å². The SMILES string of the molecule is Br[S+](Br)c1ccccc1. The fourth-order valence-corrected chi connectivity index (χ4v) is 2.18. The maximum Gasteiger partial charge on any atom is 0.253 e. The van der Waals surface area contributed by atoms with E-state index in [0.717, 1.165) is 0 Å². The summed E-state index contributed by atoms with van der Waals surface area (Å²) in [4.78, 5) is 1.28. The van der Waals surface area contributed by atoms with Crippen LogP contribution in [0.5, 0.6) is 0 Å². The summed E-state index contributed by atoms with van der Waals surface area (Å²) in [6.07, 6.45) is 0. The molecule has 0 saturated carbocycles. The zero-order chi connectivity index (χ0) is 6.69. The second-order valence-electron chi connectivity index (χ2n) is 1.53. The van der Waals surface area contributed by atoms with Gasteiger partial charge in [0.1, 0.15) is 0 Å². The average Bonchev–Trinajstić information content (AvgIpc) is 1.90. The van der Waals surface area contributed by atoms with Crippen molar-refractivity contribution in [1.82, 2.24) is 0 Å². The first-order valence-corrected chi connectivity index (χ1v) is 7.33. The van der Waals surface area contributed by atoms with Crippen LogP contribution in [0.4, 0.5) is 0 Å². The maximum atomic E-state index is 3.43. The van der Waals surface area contributed by atoms with Crippen molar-refractivity contribution >= 4 is 37.4 Å². The van der Waals surface area contributed by atoms with Crippen molar-refractivity contribution in [3.8, 4) is 0 Å². The van der Waals surface area contributed by atoms with Crippen LogP contribution in [0.15, 0.2) is 35.2 Å². The van der Waals surface area contributed by atoms with E-state index in [1.54, 1.807) is 0 Å². The predicted molar refractivity (Wildman–Crippen MR) is 49.9 cm³/mol. The summed E-state index contributed by atoms with van der Waals surface area (Å²) < 4.78 is 0. The molecule has 3 heteroatoms. The highest BCUT2D eigenvalue weighted by molar-refractivity contribution is 9.80. The van der Waals surface area contributed by atoms with Crippen LogP contribution in [0.3, 0.4) is 0 Å². The van der Waals surface area contributed by atoms with Crippen LogP contribution >= 0.6 is 29.6 Å². The number of hydrogen-bond donors (Lipinski definition) is 0. The van der Waals surface area contributed by atoms with Gasteiger partial charge in [-0.2, -0.15) is 0 Å². The van der Waals surface area contributed by atoms with E-state index < -0.39 is 0 Å². The van der Waals surface area contributed by atoms with Crippen LogP contribution in [0.2, 0.25) is 0 Å². The highest BCUT2D eigenvalue weighted by Gasteiger charge is 2.12. The fraction of sp³-hybridized carbons (Fsp3) is 0. The van der Waals surface area contributed by atoms with E-state index >= 15 is 0 Å². The molecule has 1 aromatic carbocycles. The Hall–Kier alpha value is 0.530. The van der Waals surface area contributed by atoms with Gasteiger partial charge in [0, 0.05) is 0 Å². The number of halogens is 2. The Balaban J connectivity index is 2.85. The molecule has 9 heavy (non-hydrogen) atoms. The molecule has 0 heterocycles. The standard InChI is InChI=1S/C6H5Br2S/c7-9(8)6-4-2-1-3-5-6/h1-5H/q+1. The van der Waals surface area contributed by atoms with Gasteiger partial charge in [-0.05, 0) is 12.1 Å². The monoisotopic (exact) mass is 267 g/mol. The Morgan fingerprint density at radius 1 is 1.00 bits per heavy atom. The van der Waals surface area contributed by atoms with Crippen molar-refractivity contribution in [3.05, 3.63) is 30.3 Å². The van der Waals surface area contributed by atoms with E-state index in [1.165, 1.54) is 4.90 Å². The molecular formula is C6H5Br2S+. The Morgan fingerprint density at radius 3 is 1.89 bits per heavy atom. The lowest BCUT2D eigenvalue weighted by Crippen LogP contribution is -1.77. The van der Waals surface area contributed by atoms with Gasteiger partial charge in [0.25, 0.3) is 29.6 Å². The molecular weight excluding hydrogens is 264 g/mol. The zero-order valence-corrected chi connectivity index (χ0v) is 8.54. The second-order valence-corrected chi connectivity index (χ2v) is 8.91. The summed E-state index contributed by atoms with van der Waals surface area (Å²) in [6.45, 7) is 0. The largest absolute Gasteiger partial charge is 0.253 e. The third-order valence-electron chi connectivity index (χ3n) is 0.921. The van der Waals surface area contributed by atoms with Crippen molar-refractivity contribution in [2.24, 2.45) is 0 Å². The maximum absolute atomic E-state index is 3.43. The smallest absolute Gasteiger partial charge is 0.0619 e. The molecule has 0 unspecified atom stereocenters. The van der Waals surface area contributed by atoms with Crippen molar-refractivity contribution in [1.29, 1.82) is 0 Å². The van der Waals surface area contributed by atoms with Crippen LogP contribution in [0.25, 0.3) is 0 Å². The Morgan fingerprint density at radius 2 is 1.56 bits per heavy atom. The lowest BCUT2D eigenvalue weighted by Gasteiger charge is -1.85. The summed E-state index contributed by atoms with van der Waals surface area (Å²) in [5.74, 6) is 0. The van der Waals surface area contributed by atoms with Gasteiger partial charge >= 0.3 is 0 Å². The van der Waals surface area contributed by atoms with Gasteiger partial charge in [-0.25, -0.2) is 0 Å². The van der Waals surface area contributed by atoms with Crippen LogP contribution in [0, 0.1) is 0 Å². The van der Waals surface area contributed by atoms with Crippen molar-refractivity contribution < 1.29 is 0 Å². The molecule has 1 aromatic rings. The first kappa shape index (κ1) is 7.63. The second kappa shape index (κ2) is 3.64. The van der Waals surface area contributed by atoms with E-state index in [4.69, 9.17) is 0 Å². The molecule has 0 saturated heterocycles. The minimum absolute atomic E-state index is 0.0460. The van der Waals surface area contributed by atoms with Gasteiger partial charge in [-0.3, -0.25) is 0 Å². The normalized spacial score (nSPS) is 10.1. The number of rotatable bonds is 1. The average molecular weight is 269 g/mol. The zero-order valence-electron chi connectivity index (χ0n) is 4.55. The van der Waals surface area contributed by atoms with Gasteiger partial charge in [-0.15, -0.1) is 0 Å². The molecule has 0 amide bonds. The highest BCUT2D eigenvalue weighted by atomic mass is 79.9. The molecule has 0 bridgehead atoms. The fourth-order valence-electron chi connectivity index (χ4n) is 0.523. The molecule has 0 fully saturated rings. The van der Waals surface area contributed by atoms with Gasteiger partial charge in [0.2, 0.25) is 0 Å². The minimum Gasteiger partial charge on any atom is -0.0619 e. The molecule has 0 aliphatic rings. The molecule has 1 rings (SSSR count). The van der Waals surface area contributed by atoms with Gasteiger partial charge < -0.3 is 0 Å². The van der Waals surface area contributed by atoms with E-state index in [2.05, 4.69) is 41.8 Å². The van der Waals surface area contributed by atoms with E-state index in [-0.39, 0.29) is 7.76 Å². The van der Waals surface area contributed by atoms with Crippen LogP contribution < -0.4 is 0 Å². The first-order chi connectivity index (χ1) is 4.30. The first-order valence-electron chi connectivity index (χ1n) is 2.42. The summed E-state index contributed by atoms with van der Waals surface area (Å²) in [5.41, 5.74) is 0. The van der Waals surface area contributed by atoms with Gasteiger partial charge in [-0.1, -0.05) is 18.2 Å². The molecule has 0 atom stereocenters. The van der Waals surface area contributed by atoms with E-state index in [1.807, 2.05) is 18.2 Å². The molecule has 0 nitrogen and oxygen atoms in total. The summed E-state index contributed by atoms with van der Waals surface area (Å²) in [5, 5.41) is 0.